The summed E-state index contributed by atoms with van der Waals surface area (Å²) < 4.78 is 40.9. The molecule has 0 fully saturated rings. The first-order chi connectivity index (χ1) is 31.4. The van der Waals surface area contributed by atoms with E-state index in [0.717, 1.165) is 23.0 Å². The number of amides is 3. The number of hydrogen-bond acceptors (Lipinski definition) is 10. The standard InChI is InChI=1S/C38H42F2N8O4.C3H8.C2H4O2.2C2H2.CH5N/c1-5-13-47(36(50)20-43-37(51)52-4)21-33-42-18-32(46-33)25-8-11-27-26-10-7-23(15-28(26)38(39,40)29(27)16-25)24-9-12-30-31(17-24)45-34(44-30)22-48(14-6-2)35(49)19-41-3;1-3-2;1-4-2-3;3*1-2/h7-12,15-18,41H,5-6,13-14,19-22H2,1-4H3,(H,42,46)(H,43,51)(H,44,45);3H2,1-2H3;2H,1H3;2*1-2H;2H2,1H3. The van der Waals surface area contributed by atoms with E-state index in [2.05, 4.69) is 85.3 Å². The van der Waals surface area contributed by atoms with E-state index in [4.69, 9.17) is 4.79 Å². The fourth-order valence-electron chi connectivity index (χ4n) is 6.56. The second-order valence-electron chi connectivity index (χ2n) is 13.8. The molecule has 0 saturated heterocycles. The van der Waals surface area contributed by atoms with Gasteiger partial charge in [0.05, 0.1) is 56.8 Å². The highest BCUT2D eigenvalue weighted by Crippen LogP contribution is 2.52. The highest BCUT2D eigenvalue weighted by Gasteiger charge is 2.44. The van der Waals surface area contributed by atoms with Gasteiger partial charge in [0.25, 0.3) is 12.4 Å². The van der Waals surface area contributed by atoms with Crippen LogP contribution in [0, 0.1) is 25.7 Å². The van der Waals surface area contributed by atoms with Crippen molar-refractivity contribution in [2.45, 2.75) is 66.0 Å². The first-order valence-electron chi connectivity index (χ1n) is 20.8. The molecule has 3 aromatic carbocycles. The van der Waals surface area contributed by atoms with Crippen LogP contribution in [-0.2, 0) is 42.9 Å². The Morgan fingerprint density at radius 2 is 1.28 bits per heavy atom. The van der Waals surface area contributed by atoms with Gasteiger partial charge in [-0.3, -0.25) is 14.4 Å². The lowest BCUT2D eigenvalue weighted by Crippen LogP contribution is -2.40. The van der Waals surface area contributed by atoms with E-state index in [0.29, 0.717) is 72.1 Å². The van der Waals surface area contributed by atoms with Crippen LogP contribution in [0.2, 0.25) is 0 Å². The third kappa shape index (κ3) is 15.3. The molecule has 0 unspecified atom stereocenters. The molecular formula is C48H63F2N9O6. The van der Waals surface area contributed by atoms with Crippen LogP contribution in [-0.4, -0.2) is 109 Å². The van der Waals surface area contributed by atoms with Gasteiger partial charge in [-0.05, 0) is 73.5 Å². The van der Waals surface area contributed by atoms with Crippen LogP contribution in [0.15, 0.2) is 60.8 Å². The highest BCUT2D eigenvalue weighted by atomic mass is 19.3. The quantitative estimate of drug-likeness (QED) is 0.0535. The number of aromatic amines is 2. The SMILES string of the molecule is C#C.C#C.CCC.CCCN(Cc1ncc(-c2ccc3c(c2)C(F)(F)c2cc(-c4ccc5nc(CN(CCC)C(=O)CNC)[nH]c5c4)ccc2-3)[nH]1)C(=O)CNC(=O)OC.CN.COC=O. The Balaban J connectivity index is 0.00000147. The van der Waals surface area contributed by atoms with Crippen molar-refractivity contribution >= 4 is 35.4 Å². The molecule has 0 aliphatic heterocycles. The summed E-state index contributed by atoms with van der Waals surface area (Å²) in [6.07, 6.45) is 19.6. The van der Waals surface area contributed by atoms with Gasteiger partial charge in [0, 0.05) is 29.8 Å². The smallest absolute Gasteiger partial charge is 0.407 e. The van der Waals surface area contributed by atoms with E-state index in [-0.39, 0.29) is 42.6 Å². The maximum atomic E-state index is 16.2. The van der Waals surface area contributed by atoms with Gasteiger partial charge in [-0.25, -0.2) is 14.8 Å². The second-order valence-corrected chi connectivity index (χ2v) is 13.8. The topological polar surface area (TPSA) is 201 Å². The van der Waals surface area contributed by atoms with Gasteiger partial charge in [-0.15, -0.1) is 25.7 Å². The lowest BCUT2D eigenvalue weighted by molar-refractivity contribution is -0.131. The monoisotopic (exact) mass is 899 g/mol. The number of likely N-dealkylation sites (N-methyl/N-ethyl adjacent to an activating group) is 1. The lowest BCUT2D eigenvalue weighted by atomic mass is 9.98. The van der Waals surface area contributed by atoms with Crippen molar-refractivity contribution < 1.29 is 37.4 Å². The average Bonchev–Trinajstić information content (AvgIpc) is 4.04. The Kier molecular flexibility index (Phi) is 25.2. The third-order valence-corrected chi connectivity index (χ3v) is 9.18. The Bertz CT molecular complexity index is 2300. The van der Waals surface area contributed by atoms with Crippen molar-refractivity contribution in [1.29, 1.82) is 0 Å². The summed E-state index contributed by atoms with van der Waals surface area (Å²) in [4.78, 5) is 64.5. The van der Waals surface area contributed by atoms with Crippen molar-refractivity contribution in [2.75, 3.05) is 54.5 Å². The van der Waals surface area contributed by atoms with Gasteiger partial charge in [0.15, 0.2) is 0 Å². The molecule has 1 aliphatic carbocycles. The summed E-state index contributed by atoms with van der Waals surface area (Å²) in [7, 11) is 5.77. The Hall–Kier alpha value is -7.08. The number of carbonyl (C=O) groups excluding carboxylic acids is 4. The first kappa shape index (κ1) is 55.9. The van der Waals surface area contributed by atoms with Gasteiger partial charge in [0.2, 0.25) is 11.8 Å². The van der Waals surface area contributed by atoms with Crippen molar-refractivity contribution in [3.05, 3.63) is 83.6 Å². The molecule has 0 atom stereocenters. The molecule has 6 N–H and O–H groups in total. The van der Waals surface area contributed by atoms with Crippen molar-refractivity contribution in [3.8, 4) is 59.2 Å². The number of ether oxygens (including phenoxy) is 2. The number of carbonyl (C=O) groups is 4. The van der Waals surface area contributed by atoms with Crippen molar-refractivity contribution in [3.63, 3.8) is 0 Å². The zero-order chi connectivity index (χ0) is 49.1. The van der Waals surface area contributed by atoms with E-state index in [1.165, 1.54) is 33.8 Å². The van der Waals surface area contributed by atoms with Crippen LogP contribution in [0.3, 0.4) is 0 Å². The number of nitrogens with two attached hydrogens (primary N) is 1. The van der Waals surface area contributed by atoms with E-state index in [9.17, 15) is 14.4 Å². The summed E-state index contributed by atoms with van der Waals surface area (Å²) in [5.74, 6) is -2.43. The number of alkyl halides is 2. The molecule has 17 heteroatoms. The zero-order valence-corrected chi connectivity index (χ0v) is 38.6. The molecule has 0 saturated carbocycles. The fourth-order valence-corrected chi connectivity index (χ4v) is 6.56. The van der Waals surface area contributed by atoms with Gasteiger partial charge < -0.3 is 45.6 Å². The zero-order valence-electron chi connectivity index (χ0n) is 38.6. The van der Waals surface area contributed by atoms with Gasteiger partial charge in [-0.1, -0.05) is 64.4 Å². The Morgan fingerprint density at radius 3 is 1.80 bits per heavy atom. The third-order valence-electron chi connectivity index (χ3n) is 9.18. The molecule has 2 aromatic heterocycles. The van der Waals surface area contributed by atoms with Crippen LogP contribution in [0.4, 0.5) is 13.6 Å². The number of nitrogens with one attached hydrogen (secondary N) is 4. The van der Waals surface area contributed by atoms with E-state index in [1.807, 2.05) is 38.1 Å². The molecule has 15 nitrogen and oxygen atoms in total. The average molecular weight is 900 g/mol. The lowest BCUT2D eigenvalue weighted by Gasteiger charge is -2.21. The van der Waals surface area contributed by atoms with Gasteiger partial charge in [-0.2, -0.15) is 8.78 Å². The molecule has 1 aliphatic rings. The van der Waals surface area contributed by atoms with Crippen LogP contribution in [0.1, 0.15) is 69.7 Å². The van der Waals surface area contributed by atoms with Crippen LogP contribution in [0.25, 0.3) is 44.5 Å². The number of terminal acetylenes is 2. The molecule has 3 amide bonds. The number of rotatable bonds is 15. The summed E-state index contributed by atoms with van der Waals surface area (Å²) in [6, 6.07) is 15.7. The highest BCUT2D eigenvalue weighted by molar-refractivity contribution is 5.87. The van der Waals surface area contributed by atoms with Gasteiger partial charge in [0.1, 0.15) is 18.2 Å². The Labute approximate surface area is 381 Å². The van der Waals surface area contributed by atoms with Crippen molar-refractivity contribution in [2.24, 2.45) is 5.73 Å². The number of fused-ring (bicyclic) bond motifs is 4. The molecule has 65 heavy (non-hydrogen) atoms. The number of hydrogen-bond donors (Lipinski definition) is 5. The van der Waals surface area contributed by atoms with Crippen molar-refractivity contribution in [1.82, 2.24) is 40.4 Å². The van der Waals surface area contributed by atoms with Crippen LogP contribution in [0.5, 0.6) is 0 Å². The van der Waals surface area contributed by atoms with E-state index in [1.54, 1.807) is 47.3 Å². The number of H-pyrrole nitrogens is 2. The first-order valence-corrected chi connectivity index (χ1v) is 20.8. The summed E-state index contributed by atoms with van der Waals surface area (Å²) in [5.41, 5.74) is 9.24. The molecule has 0 bridgehead atoms. The largest absolute Gasteiger partial charge is 0.471 e. The molecule has 2 heterocycles. The molecule has 6 rings (SSSR count). The summed E-state index contributed by atoms with van der Waals surface area (Å²) in [5, 5.41) is 5.29. The Morgan fingerprint density at radius 1 is 0.785 bits per heavy atom. The molecule has 0 radical (unpaired) electrons. The van der Waals surface area contributed by atoms with Crippen LogP contribution < -0.4 is 16.4 Å². The fraction of sp³-hybridized carbons (Fsp3) is 0.375. The minimum absolute atomic E-state index is 0.0121. The predicted octanol–water partition coefficient (Wildman–Crippen LogP) is 7.07. The predicted molar refractivity (Wildman–Crippen MR) is 252 cm³/mol. The van der Waals surface area contributed by atoms with E-state index >= 15 is 8.78 Å². The number of aromatic nitrogens is 4. The van der Waals surface area contributed by atoms with Crippen LogP contribution >= 0.6 is 0 Å². The summed E-state index contributed by atoms with van der Waals surface area (Å²) >= 11 is 0. The minimum Gasteiger partial charge on any atom is -0.471 e. The molecule has 350 valence electrons. The number of methoxy groups -OCH3 is 2. The number of benzene rings is 3. The maximum Gasteiger partial charge on any atom is 0.407 e. The molecule has 0 spiro atoms. The number of nitrogens with zero attached hydrogens (tertiary/aromatic N) is 4. The minimum atomic E-state index is -3.25. The van der Waals surface area contributed by atoms with E-state index < -0.39 is 12.0 Å². The number of imidazole rings is 2. The number of alkyl carbamates (subject to hydrolysis) is 1. The maximum absolute atomic E-state index is 16.2. The molecule has 5 aromatic rings. The van der Waals surface area contributed by atoms with Gasteiger partial charge >= 0.3 is 6.09 Å². The molecular weight excluding hydrogens is 837 g/mol. The second kappa shape index (κ2) is 29.3. The summed E-state index contributed by atoms with van der Waals surface area (Å²) in [6.45, 7) is 10.1. The number of halogens is 2. The normalized spacial score (nSPS) is 10.9.